The largest absolute Gasteiger partial charge is 0.397 e. The predicted molar refractivity (Wildman–Crippen MR) is 77.8 cm³/mol. The van der Waals surface area contributed by atoms with Crippen LogP contribution in [0.1, 0.15) is 32.9 Å². The van der Waals surface area contributed by atoms with Gasteiger partial charge < -0.3 is 27.2 Å². The monoisotopic (exact) mass is 298 g/mol. The van der Waals surface area contributed by atoms with Gasteiger partial charge in [0.25, 0.3) is 11.8 Å². The second-order valence-corrected chi connectivity index (χ2v) is 5.87. The molecule has 0 saturated carbocycles. The Morgan fingerprint density at radius 2 is 1.85 bits per heavy atom. The lowest BCUT2D eigenvalue weighted by Crippen LogP contribution is -2.35. The molecule has 1 aliphatic heterocycles. The van der Waals surface area contributed by atoms with Crippen LogP contribution in [0.5, 0.6) is 0 Å². The van der Waals surface area contributed by atoms with E-state index in [1.807, 2.05) is 4.90 Å². The molecule has 2 rings (SSSR count). The summed E-state index contributed by atoms with van der Waals surface area (Å²) in [5, 5.41) is 9.74. The van der Waals surface area contributed by atoms with Crippen molar-refractivity contribution in [1.29, 1.82) is 0 Å². The normalized spacial score (nSPS) is 16.4. The zero-order valence-corrected chi connectivity index (χ0v) is 11.8. The van der Waals surface area contributed by atoms with E-state index >= 15 is 0 Å². The van der Waals surface area contributed by atoms with E-state index in [9.17, 15) is 9.59 Å². The molecule has 7 N–H and O–H groups in total. The Morgan fingerprint density at radius 1 is 1.25 bits per heavy atom. The van der Waals surface area contributed by atoms with E-state index in [0.717, 1.165) is 24.2 Å². The van der Waals surface area contributed by atoms with Crippen LogP contribution in [0.15, 0.2) is 0 Å². The maximum atomic E-state index is 11.6. The Morgan fingerprint density at radius 3 is 2.30 bits per heavy atom. The average molecular weight is 298 g/mol. The predicted octanol–water partition coefficient (Wildman–Crippen LogP) is -0.263. The number of anilines is 2. The first-order valence-corrected chi connectivity index (χ1v) is 7.15. The highest BCUT2D eigenvalue weighted by molar-refractivity contribution is 7.19. The first-order valence-electron chi connectivity index (χ1n) is 6.33. The van der Waals surface area contributed by atoms with Gasteiger partial charge in [-0.25, -0.2) is 0 Å². The molecule has 110 valence electrons. The summed E-state index contributed by atoms with van der Waals surface area (Å²) in [4.78, 5) is 25.0. The highest BCUT2D eigenvalue weighted by atomic mass is 32.1. The van der Waals surface area contributed by atoms with Crippen LogP contribution >= 0.6 is 11.3 Å². The third kappa shape index (κ3) is 2.56. The van der Waals surface area contributed by atoms with Gasteiger partial charge in [-0.2, -0.15) is 0 Å². The average Bonchev–Trinajstić information content (AvgIpc) is 2.76. The van der Waals surface area contributed by atoms with Gasteiger partial charge in [-0.15, -0.1) is 11.3 Å². The second-order valence-electron chi connectivity index (χ2n) is 4.87. The number of aliphatic hydroxyl groups is 1. The third-order valence-corrected chi connectivity index (χ3v) is 4.84. The number of primary amides is 2. The van der Waals surface area contributed by atoms with Crippen molar-refractivity contribution in [1.82, 2.24) is 0 Å². The molecule has 8 heteroatoms. The van der Waals surface area contributed by atoms with Gasteiger partial charge in [0, 0.05) is 19.7 Å². The van der Waals surface area contributed by atoms with E-state index in [1.54, 1.807) is 0 Å². The molecule has 1 aliphatic rings. The fraction of sp³-hybridized carbons (Fsp3) is 0.500. The molecule has 0 unspecified atom stereocenters. The van der Waals surface area contributed by atoms with Crippen LogP contribution in [-0.4, -0.2) is 36.6 Å². The fourth-order valence-electron chi connectivity index (χ4n) is 2.39. The Balaban J connectivity index is 2.34. The summed E-state index contributed by atoms with van der Waals surface area (Å²) in [6.07, 6.45) is 1.64. The zero-order valence-electron chi connectivity index (χ0n) is 11.0. The third-order valence-electron chi connectivity index (χ3n) is 3.56. The molecule has 1 saturated heterocycles. The lowest BCUT2D eigenvalue weighted by Gasteiger charge is -2.32. The zero-order chi connectivity index (χ0) is 14.9. The molecule has 0 atom stereocenters. The number of hydrogen-bond donors (Lipinski definition) is 4. The molecule has 0 bridgehead atoms. The van der Waals surface area contributed by atoms with Gasteiger partial charge in [-0.3, -0.25) is 9.59 Å². The molecule has 20 heavy (non-hydrogen) atoms. The highest BCUT2D eigenvalue weighted by Gasteiger charge is 2.28. The smallest absolute Gasteiger partial charge is 0.260 e. The van der Waals surface area contributed by atoms with Crippen molar-refractivity contribution in [2.75, 3.05) is 30.3 Å². The number of rotatable bonds is 4. The number of nitrogens with two attached hydrogens (primary N) is 3. The van der Waals surface area contributed by atoms with Crippen LogP contribution in [0.3, 0.4) is 0 Å². The van der Waals surface area contributed by atoms with E-state index in [-0.39, 0.29) is 28.7 Å². The maximum Gasteiger partial charge on any atom is 0.260 e. The van der Waals surface area contributed by atoms with Gasteiger partial charge in [0.2, 0.25) is 0 Å². The number of aliphatic hydroxyl groups excluding tert-OH is 1. The molecular weight excluding hydrogens is 280 g/mol. The molecule has 0 aromatic carbocycles. The molecule has 1 fully saturated rings. The minimum Gasteiger partial charge on any atom is -0.397 e. The van der Waals surface area contributed by atoms with Crippen molar-refractivity contribution in [3.05, 3.63) is 10.4 Å². The van der Waals surface area contributed by atoms with Crippen LogP contribution in [-0.2, 0) is 0 Å². The molecule has 0 spiro atoms. The molecule has 2 heterocycles. The highest BCUT2D eigenvalue weighted by Crippen LogP contribution is 2.39. The summed E-state index contributed by atoms with van der Waals surface area (Å²) in [6, 6.07) is 0. The van der Waals surface area contributed by atoms with Gasteiger partial charge in [0.15, 0.2) is 0 Å². The van der Waals surface area contributed by atoms with Crippen molar-refractivity contribution in [3.8, 4) is 0 Å². The number of thiophene rings is 1. The van der Waals surface area contributed by atoms with Gasteiger partial charge in [-0.05, 0) is 18.8 Å². The van der Waals surface area contributed by atoms with Crippen molar-refractivity contribution in [3.63, 3.8) is 0 Å². The van der Waals surface area contributed by atoms with E-state index in [1.165, 1.54) is 0 Å². The first kappa shape index (κ1) is 14.6. The van der Waals surface area contributed by atoms with Crippen LogP contribution in [0.25, 0.3) is 0 Å². The summed E-state index contributed by atoms with van der Waals surface area (Å²) < 4.78 is 0. The van der Waals surface area contributed by atoms with Crippen LogP contribution in [0.2, 0.25) is 0 Å². The molecule has 1 aromatic rings. The van der Waals surface area contributed by atoms with E-state index in [2.05, 4.69) is 0 Å². The summed E-state index contributed by atoms with van der Waals surface area (Å²) in [5.74, 6) is -1.05. The van der Waals surface area contributed by atoms with Crippen molar-refractivity contribution in [2.45, 2.75) is 12.8 Å². The van der Waals surface area contributed by atoms with Gasteiger partial charge >= 0.3 is 0 Å². The van der Waals surface area contributed by atoms with Crippen molar-refractivity contribution in [2.24, 2.45) is 17.4 Å². The Bertz CT molecular complexity index is 535. The molecule has 2 amide bonds. The number of nitrogen functional groups attached to an aromatic ring is 1. The summed E-state index contributed by atoms with van der Waals surface area (Å²) in [5.41, 5.74) is 16.7. The number of nitrogens with zero attached hydrogens (tertiary/aromatic N) is 1. The number of carbonyl (C=O) groups is 2. The molecule has 0 aliphatic carbocycles. The molecular formula is C12H18N4O3S. The number of hydrogen-bond acceptors (Lipinski definition) is 6. The van der Waals surface area contributed by atoms with Crippen molar-refractivity contribution < 1.29 is 14.7 Å². The first-order chi connectivity index (χ1) is 9.45. The summed E-state index contributed by atoms with van der Waals surface area (Å²) >= 11 is 1.10. The number of piperidine rings is 1. The van der Waals surface area contributed by atoms with E-state index in [4.69, 9.17) is 22.3 Å². The quantitative estimate of drug-likeness (QED) is 0.607. The summed E-state index contributed by atoms with van der Waals surface area (Å²) in [7, 11) is 0. The summed E-state index contributed by atoms with van der Waals surface area (Å²) in [6.45, 7) is 1.53. The molecule has 0 radical (unpaired) electrons. The topological polar surface area (TPSA) is 136 Å². The van der Waals surface area contributed by atoms with Crippen molar-refractivity contribution >= 4 is 33.8 Å². The Hall–Kier alpha value is -1.80. The standard InChI is InChI=1S/C12H18N4O3S/c13-8-7(10(14)18)12(20-9(8)11(15)19)16-3-1-6(5-17)2-4-16/h6,17H,1-5,13H2,(H2,14,18)(H2,15,19). The van der Waals surface area contributed by atoms with Gasteiger partial charge in [0.1, 0.15) is 9.88 Å². The minimum atomic E-state index is -0.662. The molecule has 7 nitrogen and oxygen atoms in total. The maximum absolute atomic E-state index is 11.6. The van der Waals surface area contributed by atoms with Crippen LogP contribution < -0.4 is 22.1 Å². The molecule has 1 aromatic heterocycles. The minimum absolute atomic E-state index is 0.0641. The lowest BCUT2D eigenvalue weighted by atomic mass is 9.98. The number of carbonyl (C=O) groups excluding carboxylic acids is 2. The number of amides is 2. The second kappa shape index (κ2) is 5.68. The Labute approximate surface area is 120 Å². The lowest BCUT2D eigenvalue weighted by molar-refractivity contribution is 0.0999. The van der Waals surface area contributed by atoms with Gasteiger partial charge in [0.05, 0.1) is 11.3 Å². The van der Waals surface area contributed by atoms with Crippen LogP contribution in [0.4, 0.5) is 10.7 Å². The van der Waals surface area contributed by atoms with E-state index < -0.39 is 11.8 Å². The van der Waals surface area contributed by atoms with Gasteiger partial charge in [-0.1, -0.05) is 0 Å². The van der Waals surface area contributed by atoms with Crippen LogP contribution in [0, 0.1) is 5.92 Å². The fourth-order valence-corrected chi connectivity index (χ4v) is 3.52. The van der Waals surface area contributed by atoms with E-state index in [0.29, 0.717) is 18.1 Å². The SMILES string of the molecule is NC(=O)c1sc(N2CCC(CO)CC2)c(C(N)=O)c1N. The Kier molecular flexibility index (Phi) is 4.15.